The molecule has 1 rings (SSSR count). The van der Waals surface area contributed by atoms with Gasteiger partial charge in [-0.25, -0.2) is 0 Å². The first-order chi connectivity index (χ1) is 8.88. The summed E-state index contributed by atoms with van der Waals surface area (Å²) >= 11 is 0. The van der Waals surface area contributed by atoms with Crippen LogP contribution < -0.4 is 5.32 Å². The zero-order valence-electron chi connectivity index (χ0n) is 11.6. The Labute approximate surface area is 113 Å². The maximum absolute atomic E-state index is 11.8. The van der Waals surface area contributed by atoms with Crippen LogP contribution in [0, 0.1) is 13.8 Å². The average molecular weight is 264 g/mol. The number of rotatable bonds is 6. The maximum atomic E-state index is 11.8. The summed E-state index contributed by atoms with van der Waals surface area (Å²) in [5.41, 5.74) is 3.06. The molecule has 104 valence electrons. The first-order valence-electron chi connectivity index (χ1n) is 6.16. The number of carbonyl (C=O) groups excluding carboxylic acids is 1. The van der Waals surface area contributed by atoms with E-state index in [4.69, 9.17) is 5.11 Å². The van der Waals surface area contributed by atoms with Gasteiger partial charge in [0.05, 0.1) is 13.0 Å². The highest BCUT2D eigenvalue weighted by molar-refractivity contribution is 5.92. The highest BCUT2D eigenvalue weighted by Crippen LogP contribution is 2.13. The fourth-order valence-corrected chi connectivity index (χ4v) is 1.63. The number of nitrogens with zero attached hydrogens (tertiary/aromatic N) is 1. The molecule has 5 heteroatoms. The predicted octanol–water partition coefficient (Wildman–Crippen LogP) is 1.65. The number of carbonyl (C=O) groups is 2. The van der Waals surface area contributed by atoms with E-state index in [0.29, 0.717) is 6.54 Å². The van der Waals surface area contributed by atoms with E-state index in [-0.39, 0.29) is 18.9 Å². The van der Waals surface area contributed by atoms with Gasteiger partial charge in [-0.3, -0.25) is 14.5 Å². The Balaban J connectivity index is 2.46. The average Bonchev–Trinajstić information content (AvgIpc) is 2.31. The molecule has 0 aromatic heterocycles. The molecule has 0 heterocycles. The van der Waals surface area contributed by atoms with E-state index in [1.165, 1.54) is 5.56 Å². The van der Waals surface area contributed by atoms with Crippen molar-refractivity contribution in [1.82, 2.24) is 4.90 Å². The van der Waals surface area contributed by atoms with E-state index in [0.717, 1.165) is 11.3 Å². The van der Waals surface area contributed by atoms with Crippen molar-refractivity contribution in [2.45, 2.75) is 20.3 Å². The number of hydrogen-bond acceptors (Lipinski definition) is 3. The highest BCUT2D eigenvalue weighted by atomic mass is 16.4. The summed E-state index contributed by atoms with van der Waals surface area (Å²) in [7, 11) is 1.73. The largest absolute Gasteiger partial charge is 0.481 e. The van der Waals surface area contributed by atoms with Crippen LogP contribution in [0.5, 0.6) is 0 Å². The van der Waals surface area contributed by atoms with Gasteiger partial charge in [0.1, 0.15) is 0 Å². The monoisotopic (exact) mass is 264 g/mol. The number of nitrogens with one attached hydrogen (secondary N) is 1. The lowest BCUT2D eigenvalue weighted by Crippen LogP contribution is -2.31. The summed E-state index contributed by atoms with van der Waals surface area (Å²) in [6.45, 7) is 4.54. The molecule has 0 aliphatic heterocycles. The minimum Gasteiger partial charge on any atom is -0.481 e. The van der Waals surface area contributed by atoms with Gasteiger partial charge < -0.3 is 10.4 Å². The summed E-state index contributed by atoms with van der Waals surface area (Å²) in [6.07, 6.45) is 0.0351. The van der Waals surface area contributed by atoms with Crippen molar-refractivity contribution in [1.29, 1.82) is 0 Å². The molecule has 0 aliphatic rings. The number of amides is 1. The van der Waals surface area contributed by atoms with E-state index in [1.807, 2.05) is 32.0 Å². The van der Waals surface area contributed by atoms with Gasteiger partial charge >= 0.3 is 5.97 Å². The number of aryl methyl sites for hydroxylation is 2. The lowest BCUT2D eigenvalue weighted by molar-refractivity contribution is -0.137. The van der Waals surface area contributed by atoms with Gasteiger partial charge in [0, 0.05) is 12.2 Å². The summed E-state index contributed by atoms with van der Waals surface area (Å²) in [4.78, 5) is 23.9. The SMILES string of the molecule is Cc1ccc(NC(=O)CN(C)CCC(=O)O)cc1C. The molecule has 0 aliphatic carbocycles. The van der Waals surface area contributed by atoms with Gasteiger partial charge in [-0.2, -0.15) is 0 Å². The minimum atomic E-state index is -0.860. The van der Waals surface area contributed by atoms with Crippen molar-refractivity contribution in [3.8, 4) is 0 Å². The van der Waals surface area contributed by atoms with Crippen molar-refractivity contribution < 1.29 is 14.7 Å². The molecular formula is C14H20N2O3. The summed E-state index contributed by atoms with van der Waals surface area (Å²) in [5, 5.41) is 11.4. The van der Waals surface area contributed by atoms with Gasteiger partial charge in [-0.1, -0.05) is 6.07 Å². The second-order valence-corrected chi connectivity index (χ2v) is 4.73. The Kier molecular flexibility index (Phi) is 5.51. The minimum absolute atomic E-state index is 0.0351. The summed E-state index contributed by atoms with van der Waals surface area (Å²) in [5.74, 6) is -1.00. The zero-order chi connectivity index (χ0) is 14.4. The second kappa shape index (κ2) is 6.89. The Morgan fingerprint density at radius 1 is 1.26 bits per heavy atom. The first-order valence-corrected chi connectivity index (χ1v) is 6.16. The molecular weight excluding hydrogens is 244 g/mol. The molecule has 1 aromatic rings. The number of anilines is 1. The number of aliphatic carboxylic acids is 1. The van der Waals surface area contributed by atoms with E-state index >= 15 is 0 Å². The van der Waals surface area contributed by atoms with Gasteiger partial charge in [0.15, 0.2) is 0 Å². The van der Waals surface area contributed by atoms with Crippen molar-refractivity contribution >= 4 is 17.6 Å². The number of hydrogen-bond donors (Lipinski definition) is 2. The Morgan fingerprint density at radius 3 is 2.53 bits per heavy atom. The van der Waals surface area contributed by atoms with Crippen LogP contribution in [0.3, 0.4) is 0 Å². The van der Waals surface area contributed by atoms with Crippen LogP contribution in [-0.2, 0) is 9.59 Å². The van der Waals surface area contributed by atoms with Crippen LogP contribution in [0.2, 0.25) is 0 Å². The molecule has 0 fully saturated rings. The molecule has 0 saturated heterocycles. The lowest BCUT2D eigenvalue weighted by atomic mass is 10.1. The predicted molar refractivity (Wildman–Crippen MR) is 74.3 cm³/mol. The Morgan fingerprint density at radius 2 is 1.95 bits per heavy atom. The molecule has 0 atom stereocenters. The standard InChI is InChI=1S/C14H20N2O3/c1-10-4-5-12(8-11(10)2)15-13(17)9-16(3)7-6-14(18)19/h4-5,8H,6-7,9H2,1-3H3,(H,15,17)(H,18,19). The maximum Gasteiger partial charge on any atom is 0.304 e. The van der Waals surface area contributed by atoms with Crippen molar-refractivity contribution in [3.63, 3.8) is 0 Å². The number of carboxylic acids is 1. The van der Waals surface area contributed by atoms with E-state index in [1.54, 1.807) is 11.9 Å². The number of benzene rings is 1. The van der Waals surface area contributed by atoms with Crippen LogP contribution in [-0.4, -0.2) is 42.0 Å². The van der Waals surface area contributed by atoms with Crippen LogP contribution in [0.15, 0.2) is 18.2 Å². The molecule has 0 bridgehead atoms. The molecule has 1 aromatic carbocycles. The molecule has 0 radical (unpaired) electrons. The fraction of sp³-hybridized carbons (Fsp3) is 0.429. The molecule has 0 saturated carbocycles. The third-order valence-electron chi connectivity index (χ3n) is 2.91. The molecule has 19 heavy (non-hydrogen) atoms. The van der Waals surface area contributed by atoms with E-state index in [9.17, 15) is 9.59 Å². The van der Waals surface area contributed by atoms with Crippen LogP contribution >= 0.6 is 0 Å². The van der Waals surface area contributed by atoms with Crippen molar-refractivity contribution in [3.05, 3.63) is 29.3 Å². The molecule has 2 N–H and O–H groups in total. The van der Waals surface area contributed by atoms with Crippen LogP contribution in [0.4, 0.5) is 5.69 Å². The van der Waals surface area contributed by atoms with Gasteiger partial charge in [0.25, 0.3) is 0 Å². The third-order valence-corrected chi connectivity index (χ3v) is 2.91. The highest BCUT2D eigenvalue weighted by Gasteiger charge is 2.08. The van der Waals surface area contributed by atoms with E-state index in [2.05, 4.69) is 5.32 Å². The lowest BCUT2D eigenvalue weighted by Gasteiger charge is -2.15. The summed E-state index contributed by atoms with van der Waals surface area (Å²) < 4.78 is 0. The number of carboxylic acid groups (broad SMARTS) is 1. The number of likely N-dealkylation sites (N-methyl/N-ethyl adjacent to an activating group) is 1. The molecule has 0 unspecified atom stereocenters. The third kappa shape index (κ3) is 5.52. The van der Waals surface area contributed by atoms with Crippen LogP contribution in [0.1, 0.15) is 17.5 Å². The normalized spacial score (nSPS) is 10.5. The Bertz CT molecular complexity index is 472. The van der Waals surface area contributed by atoms with Gasteiger partial charge in [0.2, 0.25) is 5.91 Å². The topological polar surface area (TPSA) is 69.6 Å². The summed E-state index contributed by atoms with van der Waals surface area (Å²) in [6, 6.07) is 5.74. The molecule has 0 spiro atoms. The van der Waals surface area contributed by atoms with Crippen molar-refractivity contribution in [2.75, 3.05) is 25.5 Å². The second-order valence-electron chi connectivity index (χ2n) is 4.73. The van der Waals surface area contributed by atoms with Crippen molar-refractivity contribution in [2.24, 2.45) is 0 Å². The Hall–Kier alpha value is -1.88. The smallest absolute Gasteiger partial charge is 0.304 e. The van der Waals surface area contributed by atoms with Gasteiger partial charge in [-0.15, -0.1) is 0 Å². The molecule has 5 nitrogen and oxygen atoms in total. The zero-order valence-corrected chi connectivity index (χ0v) is 11.6. The van der Waals surface area contributed by atoms with E-state index < -0.39 is 5.97 Å². The first kappa shape index (κ1) is 15.2. The quantitative estimate of drug-likeness (QED) is 0.819. The fourth-order valence-electron chi connectivity index (χ4n) is 1.63. The van der Waals surface area contributed by atoms with Crippen LogP contribution in [0.25, 0.3) is 0 Å². The van der Waals surface area contributed by atoms with Gasteiger partial charge in [-0.05, 0) is 44.2 Å². The molecule has 1 amide bonds.